The molecule has 3 heteroatoms. The number of anilines is 1. The first-order valence-electron chi connectivity index (χ1n) is 6.59. The summed E-state index contributed by atoms with van der Waals surface area (Å²) in [5.41, 5.74) is 10.4. The standard InChI is InChI=1S/C14H21N3/c1-9-6-16-13(10(2)14(9)15)8-17-7-11-3-4-12(17)5-11/h6,11-12H,3-5,7-8H2,1-2H3,(H2,15,16). The fraction of sp³-hybridized carbons (Fsp3) is 0.643. The fourth-order valence-electron chi connectivity index (χ4n) is 3.36. The van der Waals surface area contributed by atoms with Crippen molar-refractivity contribution in [2.75, 3.05) is 12.3 Å². The lowest BCUT2D eigenvalue weighted by atomic mass is 10.1. The lowest BCUT2D eigenvalue weighted by Gasteiger charge is -2.27. The Kier molecular flexibility index (Phi) is 2.58. The van der Waals surface area contributed by atoms with Crippen LogP contribution in [-0.2, 0) is 6.54 Å². The van der Waals surface area contributed by atoms with Crippen molar-refractivity contribution in [1.82, 2.24) is 9.88 Å². The topological polar surface area (TPSA) is 42.2 Å². The van der Waals surface area contributed by atoms with Gasteiger partial charge in [-0.1, -0.05) is 0 Å². The molecule has 2 bridgehead atoms. The third-order valence-electron chi connectivity index (χ3n) is 4.55. The van der Waals surface area contributed by atoms with Gasteiger partial charge in [0.25, 0.3) is 0 Å². The van der Waals surface area contributed by atoms with Crippen LogP contribution in [0, 0.1) is 19.8 Å². The summed E-state index contributed by atoms with van der Waals surface area (Å²) in [5.74, 6) is 0.947. The smallest absolute Gasteiger partial charge is 0.0593 e. The molecule has 2 N–H and O–H groups in total. The Hall–Kier alpha value is -1.09. The van der Waals surface area contributed by atoms with E-state index >= 15 is 0 Å². The molecule has 1 aliphatic carbocycles. The quantitative estimate of drug-likeness (QED) is 0.849. The molecular weight excluding hydrogens is 210 g/mol. The number of nitrogens with two attached hydrogens (primary N) is 1. The summed E-state index contributed by atoms with van der Waals surface area (Å²) in [7, 11) is 0. The van der Waals surface area contributed by atoms with E-state index < -0.39 is 0 Å². The molecule has 1 aliphatic heterocycles. The van der Waals surface area contributed by atoms with Crippen molar-refractivity contribution in [3.05, 3.63) is 23.0 Å². The molecule has 2 unspecified atom stereocenters. The first kappa shape index (κ1) is 11.0. The monoisotopic (exact) mass is 231 g/mol. The second kappa shape index (κ2) is 3.98. The van der Waals surface area contributed by atoms with Gasteiger partial charge in [0.2, 0.25) is 0 Å². The highest BCUT2D eigenvalue weighted by molar-refractivity contribution is 5.53. The van der Waals surface area contributed by atoms with E-state index in [-0.39, 0.29) is 0 Å². The number of fused-ring (bicyclic) bond motifs is 2. The summed E-state index contributed by atoms with van der Waals surface area (Å²) in [5, 5.41) is 0. The van der Waals surface area contributed by atoms with E-state index in [0.29, 0.717) is 0 Å². The molecule has 3 nitrogen and oxygen atoms in total. The van der Waals surface area contributed by atoms with Crippen molar-refractivity contribution in [3.8, 4) is 0 Å². The highest BCUT2D eigenvalue weighted by Crippen LogP contribution is 2.38. The van der Waals surface area contributed by atoms with Gasteiger partial charge in [0, 0.05) is 31.0 Å². The van der Waals surface area contributed by atoms with Crippen LogP contribution in [0.3, 0.4) is 0 Å². The third kappa shape index (κ3) is 1.82. The summed E-state index contributed by atoms with van der Waals surface area (Å²) in [4.78, 5) is 7.16. The summed E-state index contributed by atoms with van der Waals surface area (Å²) in [6.07, 6.45) is 6.13. The lowest BCUT2D eigenvalue weighted by Crippen LogP contribution is -2.32. The molecule has 2 aliphatic rings. The van der Waals surface area contributed by atoms with Crippen LogP contribution in [0.25, 0.3) is 0 Å². The van der Waals surface area contributed by atoms with E-state index in [1.165, 1.54) is 37.1 Å². The fourth-order valence-corrected chi connectivity index (χ4v) is 3.36. The number of piperidine rings is 1. The second-order valence-corrected chi connectivity index (χ2v) is 5.69. The second-order valence-electron chi connectivity index (χ2n) is 5.69. The molecule has 2 heterocycles. The average Bonchev–Trinajstić information content (AvgIpc) is 2.92. The molecule has 1 aromatic heterocycles. The number of aryl methyl sites for hydroxylation is 1. The number of pyridine rings is 1. The van der Waals surface area contributed by atoms with E-state index in [2.05, 4.69) is 16.8 Å². The maximum absolute atomic E-state index is 6.07. The van der Waals surface area contributed by atoms with Crippen LogP contribution in [-0.4, -0.2) is 22.5 Å². The molecule has 92 valence electrons. The van der Waals surface area contributed by atoms with Gasteiger partial charge in [-0.05, 0) is 50.2 Å². The number of hydrogen-bond acceptors (Lipinski definition) is 3. The van der Waals surface area contributed by atoms with Gasteiger partial charge in [-0.25, -0.2) is 0 Å². The largest absolute Gasteiger partial charge is 0.398 e. The highest BCUT2D eigenvalue weighted by atomic mass is 15.2. The molecule has 17 heavy (non-hydrogen) atoms. The summed E-state index contributed by atoms with van der Waals surface area (Å²) in [6.45, 7) is 6.37. The van der Waals surface area contributed by atoms with Crippen LogP contribution in [0.5, 0.6) is 0 Å². The maximum atomic E-state index is 6.07. The molecule has 1 aromatic rings. The number of nitrogen functional groups attached to an aromatic ring is 1. The Morgan fingerprint density at radius 1 is 1.41 bits per heavy atom. The minimum absolute atomic E-state index is 0.809. The van der Waals surface area contributed by atoms with Crippen LogP contribution in [0.2, 0.25) is 0 Å². The van der Waals surface area contributed by atoms with Crippen molar-refractivity contribution in [2.45, 2.75) is 45.7 Å². The molecule has 2 fully saturated rings. The van der Waals surface area contributed by atoms with Gasteiger partial charge in [-0.3, -0.25) is 9.88 Å². The summed E-state index contributed by atoms with van der Waals surface area (Å²) < 4.78 is 0. The van der Waals surface area contributed by atoms with Gasteiger partial charge in [0.1, 0.15) is 0 Å². The maximum Gasteiger partial charge on any atom is 0.0593 e. The van der Waals surface area contributed by atoms with Crippen LogP contribution in [0.1, 0.15) is 36.1 Å². The number of nitrogens with zero attached hydrogens (tertiary/aromatic N) is 2. The SMILES string of the molecule is Cc1cnc(CN2CC3CCC2C3)c(C)c1N. The predicted octanol–water partition coefficient (Wildman–Crippen LogP) is 2.26. The van der Waals surface area contributed by atoms with Crippen LogP contribution in [0.15, 0.2) is 6.20 Å². The Morgan fingerprint density at radius 3 is 2.88 bits per heavy atom. The van der Waals surface area contributed by atoms with Gasteiger partial charge in [-0.15, -0.1) is 0 Å². The van der Waals surface area contributed by atoms with Gasteiger partial charge in [-0.2, -0.15) is 0 Å². The zero-order valence-corrected chi connectivity index (χ0v) is 10.7. The molecule has 0 spiro atoms. The van der Waals surface area contributed by atoms with Gasteiger partial charge >= 0.3 is 0 Å². The summed E-state index contributed by atoms with van der Waals surface area (Å²) >= 11 is 0. The zero-order chi connectivity index (χ0) is 12.0. The highest BCUT2D eigenvalue weighted by Gasteiger charge is 2.37. The molecule has 1 saturated carbocycles. The van der Waals surface area contributed by atoms with E-state index in [1.807, 2.05) is 13.1 Å². The Morgan fingerprint density at radius 2 is 2.24 bits per heavy atom. The van der Waals surface area contributed by atoms with Crippen LogP contribution in [0.4, 0.5) is 5.69 Å². The number of hydrogen-bond donors (Lipinski definition) is 1. The van der Waals surface area contributed by atoms with E-state index in [0.717, 1.165) is 29.8 Å². The van der Waals surface area contributed by atoms with Crippen molar-refractivity contribution in [3.63, 3.8) is 0 Å². The number of likely N-dealkylation sites (tertiary alicyclic amines) is 1. The Bertz CT molecular complexity index is 441. The molecular formula is C14H21N3. The lowest BCUT2D eigenvalue weighted by molar-refractivity contribution is 0.202. The average molecular weight is 231 g/mol. The molecule has 1 saturated heterocycles. The first-order chi connectivity index (χ1) is 8.15. The Balaban J connectivity index is 1.79. The molecule has 2 atom stereocenters. The third-order valence-corrected chi connectivity index (χ3v) is 4.55. The summed E-state index contributed by atoms with van der Waals surface area (Å²) in [6, 6.07) is 0.809. The Labute approximate surface area is 103 Å². The van der Waals surface area contributed by atoms with E-state index in [1.54, 1.807) is 0 Å². The van der Waals surface area contributed by atoms with E-state index in [4.69, 9.17) is 5.73 Å². The van der Waals surface area contributed by atoms with Crippen molar-refractivity contribution in [1.29, 1.82) is 0 Å². The molecule has 3 rings (SSSR count). The minimum Gasteiger partial charge on any atom is -0.398 e. The van der Waals surface area contributed by atoms with Gasteiger partial charge < -0.3 is 5.73 Å². The van der Waals surface area contributed by atoms with E-state index in [9.17, 15) is 0 Å². The molecule has 0 aromatic carbocycles. The molecule has 0 amide bonds. The van der Waals surface area contributed by atoms with Crippen molar-refractivity contribution >= 4 is 5.69 Å². The minimum atomic E-state index is 0.809. The van der Waals surface area contributed by atoms with Crippen LogP contribution < -0.4 is 5.73 Å². The first-order valence-corrected chi connectivity index (χ1v) is 6.59. The van der Waals surface area contributed by atoms with Gasteiger partial charge in [0.15, 0.2) is 0 Å². The van der Waals surface area contributed by atoms with Gasteiger partial charge in [0.05, 0.1) is 5.69 Å². The van der Waals surface area contributed by atoms with Crippen molar-refractivity contribution < 1.29 is 0 Å². The number of aromatic nitrogens is 1. The number of rotatable bonds is 2. The predicted molar refractivity (Wildman–Crippen MR) is 69.7 cm³/mol. The van der Waals surface area contributed by atoms with Crippen LogP contribution >= 0.6 is 0 Å². The normalized spacial score (nSPS) is 27.9. The van der Waals surface area contributed by atoms with Crippen molar-refractivity contribution in [2.24, 2.45) is 5.92 Å². The molecule has 0 radical (unpaired) electrons. The zero-order valence-electron chi connectivity index (χ0n) is 10.7.